The Bertz CT molecular complexity index is 753. The van der Waals surface area contributed by atoms with Crippen LogP contribution in [0.3, 0.4) is 0 Å². The fourth-order valence-corrected chi connectivity index (χ4v) is 5.79. The Balaban J connectivity index is 2.54. The molecule has 0 aromatic rings. The van der Waals surface area contributed by atoms with Gasteiger partial charge in [0, 0.05) is 0 Å². The van der Waals surface area contributed by atoms with E-state index in [1.54, 1.807) is 0 Å². The van der Waals surface area contributed by atoms with Crippen molar-refractivity contribution in [1.29, 1.82) is 0 Å². The smallest absolute Gasteiger partial charge is 0.249 e. The van der Waals surface area contributed by atoms with Crippen molar-refractivity contribution in [3.63, 3.8) is 0 Å². The van der Waals surface area contributed by atoms with E-state index in [0.717, 1.165) is 57.8 Å². The maximum Gasteiger partial charge on any atom is 0.249 e. The third kappa shape index (κ3) is 19.0. The molecule has 272 valence electrons. The summed E-state index contributed by atoms with van der Waals surface area (Å²) in [7, 11) is 0. The van der Waals surface area contributed by atoms with E-state index in [1.807, 2.05) is 0 Å². The first-order chi connectivity index (χ1) is 22.3. The van der Waals surface area contributed by atoms with Gasteiger partial charge >= 0.3 is 0 Å². The van der Waals surface area contributed by atoms with Crippen LogP contribution < -0.4 is 5.32 Å². The van der Waals surface area contributed by atoms with Gasteiger partial charge < -0.3 is 45.4 Å². The standard InChI is InChI=1S/C36H69NO9/c1-3-5-7-9-11-13-15-17-18-20-22-24-29(39)28(27-45-36-34(43)33(42)32(41)31(26-38)46-36)37-35(44)30(40)25-23-21-19-16-14-12-10-8-6-4-2/h10,12,28-34,36,38-43H,3-9,11,13-27H2,1-2H3,(H,37,44)/b12-10-. The molecule has 0 aliphatic carbocycles. The highest BCUT2D eigenvalue weighted by molar-refractivity contribution is 5.80. The third-order valence-corrected chi connectivity index (χ3v) is 8.98. The first-order valence-electron chi connectivity index (χ1n) is 18.5. The molecule has 1 amide bonds. The fraction of sp³-hybridized carbons (Fsp3) is 0.917. The topological polar surface area (TPSA) is 169 Å². The molecule has 0 bridgehead atoms. The van der Waals surface area contributed by atoms with Gasteiger partial charge in [0.05, 0.1) is 25.4 Å². The molecule has 0 spiro atoms. The Hall–Kier alpha value is -1.11. The first kappa shape index (κ1) is 42.9. The summed E-state index contributed by atoms with van der Waals surface area (Å²) in [5.74, 6) is -0.598. The molecule has 10 heteroatoms. The second kappa shape index (κ2) is 27.8. The average molecular weight is 660 g/mol. The maximum atomic E-state index is 12.9. The molecule has 1 rings (SSSR count). The minimum absolute atomic E-state index is 0.258. The molecule has 1 aliphatic rings. The summed E-state index contributed by atoms with van der Waals surface area (Å²) in [5.41, 5.74) is 0. The van der Waals surface area contributed by atoms with Gasteiger partial charge in [0.2, 0.25) is 5.91 Å². The number of ether oxygens (including phenoxy) is 2. The molecule has 1 aliphatic heterocycles. The van der Waals surface area contributed by atoms with Crippen molar-refractivity contribution >= 4 is 5.91 Å². The molecular weight excluding hydrogens is 590 g/mol. The van der Waals surface area contributed by atoms with Crippen molar-refractivity contribution in [2.45, 2.75) is 198 Å². The second-order valence-electron chi connectivity index (χ2n) is 13.2. The molecule has 0 radical (unpaired) electrons. The zero-order valence-corrected chi connectivity index (χ0v) is 28.9. The number of amides is 1. The zero-order valence-electron chi connectivity index (χ0n) is 28.9. The number of rotatable bonds is 29. The third-order valence-electron chi connectivity index (χ3n) is 8.98. The molecule has 1 fully saturated rings. The number of unbranched alkanes of at least 4 members (excludes halogenated alkanes) is 16. The number of carbonyl (C=O) groups excluding carboxylic acids is 1. The van der Waals surface area contributed by atoms with Gasteiger partial charge in [-0.15, -0.1) is 0 Å². The summed E-state index contributed by atoms with van der Waals surface area (Å²) in [5, 5.41) is 64.2. The summed E-state index contributed by atoms with van der Waals surface area (Å²) in [4.78, 5) is 12.9. The zero-order chi connectivity index (χ0) is 34.0. The van der Waals surface area contributed by atoms with Crippen molar-refractivity contribution in [3.8, 4) is 0 Å². The lowest BCUT2D eigenvalue weighted by Crippen LogP contribution is -2.60. The molecule has 0 aromatic carbocycles. The average Bonchev–Trinajstić information content (AvgIpc) is 3.05. The normalized spacial score (nSPS) is 23.9. The summed E-state index contributed by atoms with van der Waals surface area (Å²) < 4.78 is 11.1. The van der Waals surface area contributed by atoms with E-state index in [-0.39, 0.29) is 6.61 Å². The summed E-state index contributed by atoms with van der Waals surface area (Å²) in [6, 6.07) is -0.892. The predicted octanol–water partition coefficient (Wildman–Crippen LogP) is 4.80. The van der Waals surface area contributed by atoms with E-state index in [9.17, 15) is 35.4 Å². The van der Waals surface area contributed by atoms with Gasteiger partial charge in [0.25, 0.3) is 0 Å². The number of carbonyl (C=O) groups is 1. The van der Waals surface area contributed by atoms with Crippen LogP contribution in [-0.4, -0.2) is 98.7 Å². The Morgan fingerprint density at radius 3 is 1.83 bits per heavy atom. The minimum atomic E-state index is -1.59. The number of aliphatic hydroxyl groups excluding tert-OH is 6. The molecule has 1 heterocycles. The molecule has 0 aromatic heterocycles. The maximum absolute atomic E-state index is 12.9. The lowest BCUT2D eigenvalue weighted by atomic mass is 9.99. The van der Waals surface area contributed by atoms with E-state index >= 15 is 0 Å². The summed E-state index contributed by atoms with van der Waals surface area (Å²) in [6.07, 6.45) is 17.0. The SMILES string of the molecule is CCCC/C=C\CCCCCCC(O)C(=O)NC(COC1OC(CO)C(O)C(O)C1O)C(O)CCCCCCCCCCCCC. The van der Waals surface area contributed by atoms with E-state index < -0.39 is 61.5 Å². The van der Waals surface area contributed by atoms with Crippen LogP contribution in [0.25, 0.3) is 0 Å². The van der Waals surface area contributed by atoms with E-state index in [2.05, 4.69) is 31.3 Å². The van der Waals surface area contributed by atoms with Crippen molar-refractivity contribution in [2.24, 2.45) is 0 Å². The van der Waals surface area contributed by atoms with Gasteiger partial charge in [-0.25, -0.2) is 0 Å². The highest BCUT2D eigenvalue weighted by Crippen LogP contribution is 2.23. The van der Waals surface area contributed by atoms with Crippen molar-refractivity contribution in [1.82, 2.24) is 5.32 Å². The van der Waals surface area contributed by atoms with Crippen molar-refractivity contribution in [3.05, 3.63) is 12.2 Å². The Morgan fingerprint density at radius 2 is 1.24 bits per heavy atom. The van der Waals surface area contributed by atoms with Crippen LogP contribution in [0.15, 0.2) is 12.2 Å². The van der Waals surface area contributed by atoms with E-state index in [0.29, 0.717) is 19.3 Å². The summed E-state index contributed by atoms with van der Waals surface area (Å²) in [6.45, 7) is 3.56. The van der Waals surface area contributed by atoms with Crippen LogP contribution in [-0.2, 0) is 14.3 Å². The highest BCUT2D eigenvalue weighted by Gasteiger charge is 2.44. The largest absolute Gasteiger partial charge is 0.394 e. The summed E-state index contributed by atoms with van der Waals surface area (Å²) >= 11 is 0. The number of aliphatic hydroxyl groups is 6. The lowest BCUT2D eigenvalue weighted by molar-refractivity contribution is -0.302. The van der Waals surface area contributed by atoms with Gasteiger partial charge in [-0.05, 0) is 32.1 Å². The molecule has 10 nitrogen and oxygen atoms in total. The van der Waals surface area contributed by atoms with Crippen LogP contribution in [0.1, 0.15) is 149 Å². The quantitative estimate of drug-likeness (QED) is 0.0441. The van der Waals surface area contributed by atoms with Gasteiger partial charge in [-0.2, -0.15) is 0 Å². The predicted molar refractivity (Wildman–Crippen MR) is 181 cm³/mol. The number of hydrogen-bond donors (Lipinski definition) is 7. The molecule has 46 heavy (non-hydrogen) atoms. The lowest BCUT2D eigenvalue weighted by Gasteiger charge is -2.40. The van der Waals surface area contributed by atoms with Crippen LogP contribution in [0.4, 0.5) is 0 Å². The van der Waals surface area contributed by atoms with Gasteiger partial charge in [0.15, 0.2) is 6.29 Å². The first-order valence-corrected chi connectivity index (χ1v) is 18.5. The monoisotopic (exact) mass is 659 g/mol. The Morgan fingerprint density at radius 1 is 0.717 bits per heavy atom. The van der Waals surface area contributed by atoms with E-state index in [4.69, 9.17) is 9.47 Å². The second-order valence-corrected chi connectivity index (χ2v) is 13.2. The van der Waals surface area contributed by atoms with Gasteiger partial charge in [-0.3, -0.25) is 4.79 Å². The number of hydrogen-bond acceptors (Lipinski definition) is 9. The minimum Gasteiger partial charge on any atom is -0.394 e. The Labute approximate surface area is 279 Å². The van der Waals surface area contributed by atoms with Crippen LogP contribution >= 0.6 is 0 Å². The van der Waals surface area contributed by atoms with Crippen LogP contribution in [0.2, 0.25) is 0 Å². The molecule has 1 saturated heterocycles. The molecule has 8 atom stereocenters. The van der Waals surface area contributed by atoms with Crippen LogP contribution in [0, 0.1) is 0 Å². The molecule has 8 unspecified atom stereocenters. The number of allylic oxidation sites excluding steroid dienone is 2. The van der Waals surface area contributed by atoms with Crippen molar-refractivity contribution < 1.29 is 44.9 Å². The number of nitrogens with one attached hydrogen (secondary N) is 1. The molecule has 7 N–H and O–H groups in total. The van der Waals surface area contributed by atoms with E-state index in [1.165, 1.54) is 57.8 Å². The van der Waals surface area contributed by atoms with Gasteiger partial charge in [-0.1, -0.05) is 129 Å². The van der Waals surface area contributed by atoms with Gasteiger partial charge in [0.1, 0.15) is 30.5 Å². The van der Waals surface area contributed by atoms with Crippen LogP contribution in [0.5, 0.6) is 0 Å². The van der Waals surface area contributed by atoms with Crippen molar-refractivity contribution in [2.75, 3.05) is 13.2 Å². The highest BCUT2D eigenvalue weighted by atomic mass is 16.7. The fourth-order valence-electron chi connectivity index (χ4n) is 5.79. The molecule has 0 saturated carbocycles. The Kier molecular flexibility index (Phi) is 25.9. The molecular formula is C36H69NO9.